The van der Waals surface area contributed by atoms with E-state index in [0.717, 1.165) is 25.7 Å². The Kier molecular flexibility index (Phi) is 7.12. The molecule has 0 aliphatic rings. The lowest BCUT2D eigenvalue weighted by atomic mass is 10.2. The molecule has 0 unspecified atom stereocenters. The van der Waals surface area contributed by atoms with Crippen LogP contribution in [0.15, 0.2) is 0 Å². The summed E-state index contributed by atoms with van der Waals surface area (Å²) in [5.74, 6) is 5.81. The summed E-state index contributed by atoms with van der Waals surface area (Å²) in [5, 5.41) is 8.39. The van der Waals surface area contributed by atoms with Crippen molar-refractivity contribution in [2.24, 2.45) is 0 Å². The minimum Gasteiger partial charge on any atom is -0.396 e. The van der Waals surface area contributed by atoms with E-state index < -0.39 is 0 Å². The topological polar surface area (TPSA) is 20.2 Å². The van der Waals surface area contributed by atoms with Gasteiger partial charge in [-0.25, -0.2) is 0 Å². The molecule has 9 heavy (non-hydrogen) atoms. The lowest BCUT2D eigenvalue weighted by molar-refractivity contribution is 0.283. The lowest BCUT2D eigenvalue weighted by Crippen LogP contribution is -1.81. The van der Waals surface area contributed by atoms with Crippen LogP contribution in [-0.2, 0) is 0 Å². The van der Waals surface area contributed by atoms with Crippen LogP contribution in [0.1, 0.15) is 32.6 Å². The first-order valence-electron chi connectivity index (χ1n) is 3.42. The quantitative estimate of drug-likeness (QED) is 0.447. The van der Waals surface area contributed by atoms with Crippen LogP contribution in [0.2, 0.25) is 0 Å². The Hall–Kier alpha value is -0.480. The highest BCUT2D eigenvalue weighted by Crippen LogP contribution is 1.96. The van der Waals surface area contributed by atoms with Crippen LogP contribution in [0.3, 0.4) is 0 Å². The maximum Gasteiger partial charge on any atom is 0.0431 e. The molecule has 0 aliphatic heterocycles. The van der Waals surface area contributed by atoms with Crippen molar-refractivity contribution in [3.05, 3.63) is 0 Å². The molecule has 0 aromatic heterocycles. The summed E-state index contributed by atoms with van der Waals surface area (Å²) in [6.07, 6.45) is 4.13. The van der Waals surface area contributed by atoms with Crippen molar-refractivity contribution in [3.63, 3.8) is 0 Å². The van der Waals surface area contributed by atoms with Gasteiger partial charge in [-0.2, -0.15) is 0 Å². The Morgan fingerprint density at radius 2 is 2.00 bits per heavy atom. The highest BCUT2D eigenvalue weighted by molar-refractivity contribution is 4.94. The summed E-state index contributed by atoms with van der Waals surface area (Å²) in [7, 11) is 0. The van der Waals surface area contributed by atoms with Crippen LogP contribution in [0, 0.1) is 11.8 Å². The fraction of sp³-hybridized carbons (Fsp3) is 0.750. The largest absolute Gasteiger partial charge is 0.396 e. The Morgan fingerprint density at radius 3 is 2.56 bits per heavy atom. The van der Waals surface area contributed by atoms with Crippen LogP contribution < -0.4 is 0 Å². The third-order valence-electron chi connectivity index (χ3n) is 1.14. The van der Waals surface area contributed by atoms with Gasteiger partial charge < -0.3 is 5.11 Å². The lowest BCUT2D eigenvalue weighted by Gasteiger charge is -1.90. The van der Waals surface area contributed by atoms with E-state index in [-0.39, 0.29) is 0 Å². The molecule has 1 heteroatoms. The Labute approximate surface area is 57.1 Å². The van der Waals surface area contributed by atoms with Gasteiger partial charge in [0, 0.05) is 13.0 Å². The second kappa shape index (κ2) is 7.52. The Bertz CT molecular complexity index is 96.9. The fourth-order valence-corrected chi connectivity index (χ4v) is 0.627. The van der Waals surface area contributed by atoms with Gasteiger partial charge in [0.05, 0.1) is 0 Å². The number of hydrogen-bond donors (Lipinski definition) is 1. The summed E-state index contributed by atoms with van der Waals surface area (Å²) in [5.41, 5.74) is 0. The van der Waals surface area contributed by atoms with Crippen LogP contribution in [0.5, 0.6) is 0 Å². The van der Waals surface area contributed by atoms with Crippen molar-refractivity contribution < 1.29 is 5.11 Å². The molecule has 1 nitrogen and oxygen atoms in total. The maximum atomic E-state index is 8.39. The zero-order valence-electron chi connectivity index (χ0n) is 5.98. The molecule has 0 bridgehead atoms. The number of aliphatic hydroxyl groups is 1. The zero-order chi connectivity index (χ0) is 6.95. The maximum absolute atomic E-state index is 8.39. The number of unbranched alkanes of at least 4 members (excludes halogenated alkanes) is 3. The van der Waals surface area contributed by atoms with Crippen LogP contribution >= 0.6 is 0 Å². The van der Waals surface area contributed by atoms with Gasteiger partial charge in [-0.05, 0) is 19.8 Å². The SMILES string of the molecule is CC#CCCCCCO. The van der Waals surface area contributed by atoms with Crippen molar-refractivity contribution in [1.29, 1.82) is 0 Å². The normalized spacial score (nSPS) is 8.22. The first-order chi connectivity index (χ1) is 4.41. The van der Waals surface area contributed by atoms with Gasteiger partial charge in [0.2, 0.25) is 0 Å². The van der Waals surface area contributed by atoms with E-state index >= 15 is 0 Å². The van der Waals surface area contributed by atoms with Gasteiger partial charge in [-0.1, -0.05) is 6.42 Å². The average molecular weight is 126 g/mol. The molecule has 0 heterocycles. The van der Waals surface area contributed by atoms with Gasteiger partial charge in [-0.3, -0.25) is 0 Å². The Morgan fingerprint density at radius 1 is 1.22 bits per heavy atom. The predicted octanol–water partition coefficient (Wildman–Crippen LogP) is 1.56. The summed E-state index contributed by atoms with van der Waals surface area (Å²) >= 11 is 0. The van der Waals surface area contributed by atoms with Crippen LogP contribution in [0.25, 0.3) is 0 Å². The molecule has 0 aromatic rings. The fourth-order valence-electron chi connectivity index (χ4n) is 0.627. The molecule has 0 saturated heterocycles. The van der Waals surface area contributed by atoms with E-state index in [2.05, 4.69) is 11.8 Å². The van der Waals surface area contributed by atoms with E-state index in [1.165, 1.54) is 0 Å². The van der Waals surface area contributed by atoms with Crippen molar-refractivity contribution >= 4 is 0 Å². The number of hydrogen-bond acceptors (Lipinski definition) is 1. The predicted molar refractivity (Wildman–Crippen MR) is 39.0 cm³/mol. The minimum atomic E-state index is 0.319. The summed E-state index contributed by atoms with van der Waals surface area (Å²) in [6.45, 7) is 2.17. The van der Waals surface area contributed by atoms with Gasteiger partial charge in [0.1, 0.15) is 0 Å². The van der Waals surface area contributed by atoms with Crippen molar-refractivity contribution in [2.75, 3.05) is 6.61 Å². The number of rotatable bonds is 4. The van der Waals surface area contributed by atoms with E-state index in [4.69, 9.17) is 5.11 Å². The Balaban J connectivity index is 2.80. The summed E-state index contributed by atoms with van der Waals surface area (Å²) < 4.78 is 0. The second-order valence-corrected chi connectivity index (χ2v) is 1.96. The molecule has 0 aliphatic carbocycles. The summed E-state index contributed by atoms with van der Waals surface area (Å²) in [6, 6.07) is 0. The van der Waals surface area contributed by atoms with Crippen molar-refractivity contribution in [3.8, 4) is 11.8 Å². The third kappa shape index (κ3) is 7.52. The molecule has 0 fully saturated rings. The standard InChI is InChI=1S/C8H14O/c1-2-3-4-5-6-7-8-9/h9H,4-8H2,1H3. The molecule has 52 valence electrons. The molecule has 0 amide bonds. The van der Waals surface area contributed by atoms with Crippen LogP contribution in [0.4, 0.5) is 0 Å². The van der Waals surface area contributed by atoms with E-state index in [0.29, 0.717) is 6.61 Å². The second-order valence-electron chi connectivity index (χ2n) is 1.96. The molecule has 0 radical (unpaired) electrons. The van der Waals surface area contributed by atoms with Gasteiger partial charge in [0.15, 0.2) is 0 Å². The molecule has 1 N–H and O–H groups in total. The molecule has 0 rings (SSSR count). The molecular formula is C8H14O. The first kappa shape index (κ1) is 8.52. The van der Waals surface area contributed by atoms with Gasteiger partial charge >= 0.3 is 0 Å². The van der Waals surface area contributed by atoms with Gasteiger partial charge in [-0.15, -0.1) is 11.8 Å². The van der Waals surface area contributed by atoms with Crippen molar-refractivity contribution in [2.45, 2.75) is 32.6 Å². The molecule has 0 saturated carbocycles. The zero-order valence-corrected chi connectivity index (χ0v) is 5.98. The number of aliphatic hydroxyl groups excluding tert-OH is 1. The van der Waals surface area contributed by atoms with E-state index in [9.17, 15) is 0 Å². The highest BCUT2D eigenvalue weighted by Gasteiger charge is 1.83. The average Bonchev–Trinajstić information content (AvgIpc) is 1.89. The monoisotopic (exact) mass is 126 g/mol. The third-order valence-corrected chi connectivity index (χ3v) is 1.14. The van der Waals surface area contributed by atoms with E-state index in [1.54, 1.807) is 0 Å². The first-order valence-corrected chi connectivity index (χ1v) is 3.42. The molecule has 0 aromatic carbocycles. The molecular weight excluding hydrogens is 112 g/mol. The van der Waals surface area contributed by atoms with E-state index in [1.807, 2.05) is 6.92 Å². The van der Waals surface area contributed by atoms with Crippen LogP contribution in [-0.4, -0.2) is 11.7 Å². The smallest absolute Gasteiger partial charge is 0.0431 e. The molecule has 0 spiro atoms. The minimum absolute atomic E-state index is 0.319. The van der Waals surface area contributed by atoms with Crippen molar-refractivity contribution in [1.82, 2.24) is 0 Å². The molecule has 0 atom stereocenters. The van der Waals surface area contributed by atoms with Gasteiger partial charge in [0.25, 0.3) is 0 Å². The highest BCUT2D eigenvalue weighted by atomic mass is 16.2. The summed E-state index contributed by atoms with van der Waals surface area (Å²) in [4.78, 5) is 0.